The predicted octanol–water partition coefficient (Wildman–Crippen LogP) is 2.42. The molecule has 1 aromatic heterocycles. The Morgan fingerprint density at radius 3 is 2.47 bits per heavy atom. The minimum atomic E-state index is -0.533. The number of nitrogens with zero attached hydrogens (tertiary/aromatic N) is 1. The van der Waals surface area contributed by atoms with E-state index in [0.717, 1.165) is 6.07 Å². The molecule has 0 spiro atoms. The zero-order chi connectivity index (χ0) is 13.8. The van der Waals surface area contributed by atoms with Gasteiger partial charge in [0.1, 0.15) is 0 Å². The van der Waals surface area contributed by atoms with Gasteiger partial charge in [-0.15, -0.1) is 0 Å². The molecular formula is C13H9NO5. The fraction of sp³-hybridized carbons (Fsp3) is 0. The minimum Gasteiger partial charge on any atom is -0.502 e. The van der Waals surface area contributed by atoms with Gasteiger partial charge in [0.15, 0.2) is 5.76 Å². The number of nitro groups is 1. The van der Waals surface area contributed by atoms with Crippen LogP contribution in [0, 0.1) is 10.1 Å². The number of rotatable bonds is 3. The molecule has 96 valence electrons. The van der Waals surface area contributed by atoms with Crippen LogP contribution in [0.5, 0.6) is 5.75 Å². The third-order valence-corrected chi connectivity index (χ3v) is 2.41. The average molecular weight is 259 g/mol. The van der Waals surface area contributed by atoms with E-state index in [1.165, 1.54) is 24.5 Å². The largest absolute Gasteiger partial charge is 0.502 e. The Hall–Kier alpha value is -2.89. The van der Waals surface area contributed by atoms with E-state index in [1.54, 1.807) is 18.2 Å². The lowest BCUT2D eigenvalue weighted by atomic mass is 10.2. The van der Waals surface area contributed by atoms with Crippen LogP contribution in [0.15, 0.2) is 45.8 Å². The monoisotopic (exact) mass is 259 g/mol. The van der Waals surface area contributed by atoms with Crippen LogP contribution < -0.4 is 5.43 Å². The van der Waals surface area contributed by atoms with E-state index < -0.39 is 16.1 Å². The maximum atomic E-state index is 11.2. The van der Waals surface area contributed by atoms with Crippen molar-refractivity contribution in [2.45, 2.75) is 0 Å². The van der Waals surface area contributed by atoms with Crippen molar-refractivity contribution in [2.24, 2.45) is 0 Å². The molecule has 0 atom stereocenters. The molecule has 0 unspecified atom stereocenters. The first kappa shape index (κ1) is 12.6. The molecule has 6 nitrogen and oxygen atoms in total. The number of hydrogen-bond donors (Lipinski definition) is 1. The van der Waals surface area contributed by atoms with Crippen molar-refractivity contribution in [2.75, 3.05) is 0 Å². The van der Waals surface area contributed by atoms with E-state index in [9.17, 15) is 20.0 Å². The van der Waals surface area contributed by atoms with Crippen molar-refractivity contribution in [1.29, 1.82) is 0 Å². The number of non-ortho nitro benzene ring substituents is 1. The molecule has 0 aliphatic rings. The molecule has 0 aliphatic carbocycles. The van der Waals surface area contributed by atoms with Crippen LogP contribution in [-0.4, -0.2) is 10.0 Å². The molecule has 0 aliphatic heterocycles. The number of aromatic hydroxyl groups is 1. The lowest BCUT2D eigenvalue weighted by Crippen LogP contribution is -1.97. The van der Waals surface area contributed by atoms with Gasteiger partial charge in [-0.3, -0.25) is 14.9 Å². The van der Waals surface area contributed by atoms with E-state index >= 15 is 0 Å². The van der Waals surface area contributed by atoms with Crippen LogP contribution in [-0.2, 0) is 0 Å². The van der Waals surface area contributed by atoms with Crippen LogP contribution in [0.2, 0.25) is 0 Å². The molecule has 0 saturated heterocycles. The van der Waals surface area contributed by atoms with Crippen molar-refractivity contribution >= 4 is 17.8 Å². The van der Waals surface area contributed by atoms with Gasteiger partial charge in [0, 0.05) is 18.2 Å². The highest BCUT2D eigenvalue weighted by Crippen LogP contribution is 2.17. The van der Waals surface area contributed by atoms with Crippen molar-refractivity contribution in [3.05, 3.63) is 68.3 Å². The van der Waals surface area contributed by atoms with Gasteiger partial charge in [0.05, 0.1) is 11.2 Å². The van der Waals surface area contributed by atoms with E-state index in [2.05, 4.69) is 0 Å². The zero-order valence-electron chi connectivity index (χ0n) is 9.65. The first-order valence-electron chi connectivity index (χ1n) is 5.31. The first-order valence-corrected chi connectivity index (χ1v) is 5.31. The third-order valence-electron chi connectivity index (χ3n) is 2.41. The van der Waals surface area contributed by atoms with Crippen molar-refractivity contribution in [3.63, 3.8) is 0 Å². The molecule has 6 heteroatoms. The molecule has 2 aromatic rings. The standard InChI is InChI=1S/C13H9NO5/c15-11-7-8-19-12(13(11)16)6-3-9-1-4-10(5-2-9)14(17)18/h1-8,16H. The Morgan fingerprint density at radius 1 is 1.16 bits per heavy atom. The summed E-state index contributed by atoms with van der Waals surface area (Å²) in [5, 5.41) is 19.9. The van der Waals surface area contributed by atoms with Crippen molar-refractivity contribution in [3.8, 4) is 5.75 Å². The molecule has 0 saturated carbocycles. The normalized spacial score (nSPS) is 10.7. The molecule has 1 heterocycles. The van der Waals surface area contributed by atoms with Gasteiger partial charge < -0.3 is 9.52 Å². The fourth-order valence-corrected chi connectivity index (χ4v) is 1.42. The quantitative estimate of drug-likeness (QED) is 0.674. The Kier molecular flexibility index (Phi) is 3.42. The van der Waals surface area contributed by atoms with Crippen LogP contribution in [0.25, 0.3) is 12.2 Å². The van der Waals surface area contributed by atoms with Gasteiger partial charge >= 0.3 is 0 Å². The zero-order valence-corrected chi connectivity index (χ0v) is 9.65. The molecule has 2 rings (SSSR count). The molecule has 0 radical (unpaired) electrons. The second kappa shape index (κ2) is 5.18. The number of hydrogen-bond acceptors (Lipinski definition) is 5. The van der Waals surface area contributed by atoms with Crippen molar-refractivity contribution < 1.29 is 14.4 Å². The molecule has 1 aromatic carbocycles. The summed E-state index contributed by atoms with van der Waals surface area (Å²) in [5.41, 5.74) is 0.136. The smallest absolute Gasteiger partial charge is 0.269 e. The summed E-state index contributed by atoms with van der Waals surface area (Å²) in [6.45, 7) is 0. The molecule has 0 fully saturated rings. The maximum absolute atomic E-state index is 11.2. The van der Waals surface area contributed by atoms with Crippen LogP contribution in [0.4, 0.5) is 5.69 Å². The summed E-state index contributed by atoms with van der Waals surface area (Å²) < 4.78 is 4.98. The Bertz CT molecular complexity index is 685. The summed E-state index contributed by atoms with van der Waals surface area (Å²) in [6, 6.07) is 6.93. The fourth-order valence-electron chi connectivity index (χ4n) is 1.42. The lowest BCUT2D eigenvalue weighted by molar-refractivity contribution is -0.384. The van der Waals surface area contributed by atoms with Crippen LogP contribution in [0.3, 0.4) is 0 Å². The lowest BCUT2D eigenvalue weighted by Gasteiger charge is -1.96. The average Bonchev–Trinajstić information content (AvgIpc) is 2.41. The van der Waals surface area contributed by atoms with E-state index in [0.29, 0.717) is 5.56 Å². The number of nitro benzene ring substituents is 1. The van der Waals surface area contributed by atoms with E-state index in [-0.39, 0.29) is 11.4 Å². The second-order valence-electron chi connectivity index (χ2n) is 3.68. The number of benzene rings is 1. The van der Waals surface area contributed by atoms with Crippen LogP contribution in [0.1, 0.15) is 11.3 Å². The Labute approximate surface area is 107 Å². The molecule has 1 N–H and O–H groups in total. The Morgan fingerprint density at radius 2 is 1.84 bits per heavy atom. The van der Waals surface area contributed by atoms with Gasteiger partial charge in [-0.05, 0) is 23.8 Å². The van der Waals surface area contributed by atoms with Gasteiger partial charge in [-0.1, -0.05) is 6.08 Å². The predicted molar refractivity (Wildman–Crippen MR) is 68.7 cm³/mol. The third kappa shape index (κ3) is 2.86. The summed E-state index contributed by atoms with van der Waals surface area (Å²) in [4.78, 5) is 21.1. The summed E-state index contributed by atoms with van der Waals surface area (Å²) in [7, 11) is 0. The molecule has 19 heavy (non-hydrogen) atoms. The summed E-state index contributed by atoms with van der Waals surface area (Å²) >= 11 is 0. The summed E-state index contributed by atoms with van der Waals surface area (Å²) in [6.07, 6.45) is 4.16. The van der Waals surface area contributed by atoms with Crippen LogP contribution >= 0.6 is 0 Å². The maximum Gasteiger partial charge on any atom is 0.269 e. The highest BCUT2D eigenvalue weighted by Gasteiger charge is 2.04. The van der Waals surface area contributed by atoms with Crippen molar-refractivity contribution in [1.82, 2.24) is 0 Å². The van der Waals surface area contributed by atoms with Gasteiger partial charge in [0.2, 0.25) is 11.2 Å². The van der Waals surface area contributed by atoms with E-state index in [4.69, 9.17) is 4.42 Å². The SMILES string of the molecule is O=c1ccoc(C=Cc2ccc([N+](=O)[O-])cc2)c1O. The first-order chi connectivity index (χ1) is 9.08. The molecule has 0 amide bonds. The Balaban J connectivity index is 2.25. The highest BCUT2D eigenvalue weighted by atomic mass is 16.6. The van der Waals surface area contributed by atoms with Gasteiger partial charge in [0.25, 0.3) is 5.69 Å². The van der Waals surface area contributed by atoms with Gasteiger partial charge in [-0.2, -0.15) is 0 Å². The highest BCUT2D eigenvalue weighted by molar-refractivity contribution is 5.69. The second-order valence-corrected chi connectivity index (χ2v) is 3.68. The summed E-state index contributed by atoms with van der Waals surface area (Å²) in [5.74, 6) is -0.438. The molecule has 0 bridgehead atoms. The minimum absolute atomic E-state index is 0.00811. The molecular weight excluding hydrogens is 250 g/mol. The van der Waals surface area contributed by atoms with E-state index in [1.807, 2.05) is 0 Å². The van der Waals surface area contributed by atoms with Gasteiger partial charge in [-0.25, -0.2) is 0 Å². The topological polar surface area (TPSA) is 93.6 Å².